The third-order valence-electron chi connectivity index (χ3n) is 7.78. The lowest BCUT2D eigenvalue weighted by Gasteiger charge is -2.35. The summed E-state index contributed by atoms with van der Waals surface area (Å²) >= 11 is 0. The monoisotopic (exact) mass is 488 g/mol. The molecule has 0 unspecified atom stereocenters. The van der Waals surface area contributed by atoms with E-state index in [2.05, 4.69) is 60.0 Å². The van der Waals surface area contributed by atoms with E-state index in [1.807, 2.05) is 31.5 Å². The van der Waals surface area contributed by atoms with E-state index < -0.39 is 0 Å². The first-order valence-corrected chi connectivity index (χ1v) is 12.8. The van der Waals surface area contributed by atoms with Crippen LogP contribution in [0.2, 0.25) is 0 Å². The molecule has 0 aliphatic carbocycles. The van der Waals surface area contributed by atoms with Crippen LogP contribution < -0.4 is 4.90 Å². The minimum Gasteiger partial charge on any atom is -0.366 e. The molecule has 2 saturated heterocycles. The van der Waals surface area contributed by atoms with Gasteiger partial charge < -0.3 is 19.7 Å². The van der Waals surface area contributed by atoms with Gasteiger partial charge in [0, 0.05) is 60.6 Å². The number of nitrogens with zero attached hydrogens (tertiary/aromatic N) is 7. The van der Waals surface area contributed by atoms with Crippen LogP contribution in [0.25, 0.3) is 33.4 Å². The summed E-state index contributed by atoms with van der Waals surface area (Å²) in [6.45, 7) is 7.70. The zero-order valence-electron chi connectivity index (χ0n) is 21.2. The second-order valence-electron chi connectivity index (χ2n) is 10.4. The molecule has 0 bridgehead atoms. The van der Waals surface area contributed by atoms with E-state index in [1.54, 1.807) is 6.07 Å². The fourth-order valence-electron chi connectivity index (χ4n) is 5.55. The van der Waals surface area contributed by atoms with Crippen LogP contribution in [-0.4, -0.2) is 88.1 Å². The fourth-order valence-corrected chi connectivity index (χ4v) is 5.55. The van der Waals surface area contributed by atoms with E-state index in [9.17, 15) is 0 Å². The van der Waals surface area contributed by atoms with Crippen molar-refractivity contribution in [3.63, 3.8) is 0 Å². The molecular formula is C27H33FN8. The quantitative estimate of drug-likeness (QED) is 0.469. The molecule has 0 saturated carbocycles. The summed E-state index contributed by atoms with van der Waals surface area (Å²) in [5, 5.41) is 14.5. The molecule has 2 fully saturated rings. The molecule has 1 aromatic carbocycles. The van der Waals surface area contributed by atoms with Gasteiger partial charge >= 0.3 is 0 Å². The molecule has 2 aliphatic rings. The number of fused-ring (bicyclic) bond motifs is 1. The van der Waals surface area contributed by atoms with Crippen molar-refractivity contribution in [1.29, 1.82) is 0 Å². The Labute approximate surface area is 210 Å². The van der Waals surface area contributed by atoms with Crippen molar-refractivity contribution in [3.8, 4) is 22.4 Å². The Kier molecular flexibility index (Phi) is 5.97. The summed E-state index contributed by atoms with van der Waals surface area (Å²) in [6.07, 6.45) is 8.23. The van der Waals surface area contributed by atoms with Crippen molar-refractivity contribution < 1.29 is 4.39 Å². The number of likely N-dealkylation sites (tertiary alicyclic amines) is 1. The number of hydrogen-bond acceptors (Lipinski definition) is 6. The molecule has 188 valence electrons. The van der Waals surface area contributed by atoms with Crippen LogP contribution in [0.15, 0.2) is 36.8 Å². The molecule has 4 aromatic rings. The van der Waals surface area contributed by atoms with Crippen LogP contribution in [0.5, 0.6) is 0 Å². The molecule has 3 aromatic heterocycles. The average Bonchev–Trinajstić information content (AvgIpc) is 3.52. The topological polar surface area (TPSA) is 69.1 Å². The van der Waals surface area contributed by atoms with E-state index in [-0.39, 0.29) is 5.82 Å². The van der Waals surface area contributed by atoms with Gasteiger partial charge in [0.15, 0.2) is 5.65 Å². The van der Waals surface area contributed by atoms with E-state index in [0.717, 1.165) is 79.8 Å². The summed E-state index contributed by atoms with van der Waals surface area (Å²) in [7, 11) is 4.27. The van der Waals surface area contributed by atoms with Crippen molar-refractivity contribution >= 4 is 16.7 Å². The number of nitrogens with one attached hydrogen (secondary N) is 1. The first-order chi connectivity index (χ1) is 17.5. The number of H-pyrrole nitrogens is 1. The normalized spacial score (nSPS) is 18.4. The number of piperidine rings is 1. The van der Waals surface area contributed by atoms with Crippen molar-refractivity contribution in [1.82, 2.24) is 34.8 Å². The maximum Gasteiger partial charge on any atom is 0.160 e. The number of benzene rings is 1. The Balaban J connectivity index is 1.30. The largest absolute Gasteiger partial charge is 0.366 e. The van der Waals surface area contributed by atoms with Gasteiger partial charge in [-0.05, 0) is 70.7 Å². The molecule has 0 spiro atoms. The highest BCUT2D eigenvalue weighted by Crippen LogP contribution is 2.34. The number of hydrogen-bond donors (Lipinski definition) is 1. The summed E-state index contributed by atoms with van der Waals surface area (Å²) in [6, 6.07) is 6.06. The highest BCUT2D eigenvalue weighted by molar-refractivity contribution is 5.94. The molecule has 1 N–H and O–H groups in total. The zero-order chi connectivity index (χ0) is 24.8. The molecular weight excluding hydrogens is 455 g/mol. The van der Waals surface area contributed by atoms with Gasteiger partial charge in [0.1, 0.15) is 5.82 Å². The van der Waals surface area contributed by atoms with Gasteiger partial charge in [-0.2, -0.15) is 5.10 Å². The lowest BCUT2D eigenvalue weighted by atomic mass is 10.0. The van der Waals surface area contributed by atoms with Crippen LogP contribution in [0, 0.1) is 12.7 Å². The SMILES string of the molecule is Cc1cc(-c2cc3c(-c4cnn(C5CCN(C)CC5)c4)c[nH]c3nn2)cc(F)c1N1CCN(C)CC1. The van der Waals surface area contributed by atoms with Gasteiger partial charge in [-0.25, -0.2) is 4.39 Å². The van der Waals surface area contributed by atoms with Crippen molar-refractivity contribution in [2.75, 3.05) is 58.3 Å². The van der Waals surface area contributed by atoms with E-state index in [0.29, 0.717) is 23.1 Å². The molecule has 0 radical (unpaired) electrons. The summed E-state index contributed by atoms with van der Waals surface area (Å²) in [5.74, 6) is -0.204. The summed E-state index contributed by atoms with van der Waals surface area (Å²) < 4.78 is 17.5. The third kappa shape index (κ3) is 4.26. The predicted molar refractivity (Wildman–Crippen MR) is 141 cm³/mol. The molecule has 6 rings (SSSR count). The summed E-state index contributed by atoms with van der Waals surface area (Å²) in [4.78, 5) is 10.0. The number of anilines is 1. The Morgan fingerprint density at radius 1 is 0.917 bits per heavy atom. The van der Waals surface area contributed by atoms with Gasteiger partial charge in [-0.1, -0.05) is 0 Å². The van der Waals surface area contributed by atoms with E-state index in [1.165, 1.54) is 0 Å². The van der Waals surface area contributed by atoms with Crippen LogP contribution in [0.4, 0.5) is 10.1 Å². The molecule has 0 amide bonds. The number of piperazine rings is 1. The fraction of sp³-hybridized carbons (Fsp3) is 0.444. The van der Waals surface area contributed by atoms with Crippen molar-refractivity contribution in [2.24, 2.45) is 0 Å². The average molecular weight is 489 g/mol. The van der Waals surface area contributed by atoms with E-state index in [4.69, 9.17) is 0 Å². The lowest BCUT2D eigenvalue weighted by Crippen LogP contribution is -2.45. The van der Waals surface area contributed by atoms with Gasteiger partial charge in [0.05, 0.1) is 23.6 Å². The first-order valence-electron chi connectivity index (χ1n) is 12.8. The number of aromatic nitrogens is 5. The third-order valence-corrected chi connectivity index (χ3v) is 7.78. The Hall–Kier alpha value is -3.30. The van der Waals surface area contributed by atoms with Crippen molar-refractivity contribution in [2.45, 2.75) is 25.8 Å². The first kappa shape index (κ1) is 23.1. The Morgan fingerprint density at radius 2 is 1.67 bits per heavy atom. The second kappa shape index (κ2) is 9.29. The standard InChI is InChI=1S/C27H33FN8/c1-18-12-19(13-24(28)26(18)35-10-8-34(3)9-11-35)25-14-22-23(16-29-27(22)32-31-25)20-15-30-36(17-20)21-4-6-33(2)7-5-21/h12-17,21H,4-11H2,1-3H3,(H,29,32). The van der Waals surface area contributed by atoms with Gasteiger partial charge in [-0.15, -0.1) is 10.2 Å². The van der Waals surface area contributed by atoms with Crippen LogP contribution in [0.3, 0.4) is 0 Å². The highest BCUT2D eigenvalue weighted by atomic mass is 19.1. The number of aryl methyl sites for hydroxylation is 1. The zero-order valence-corrected chi connectivity index (χ0v) is 21.2. The number of likely N-dealkylation sites (N-methyl/N-ethyl adjacent to an activating group) is 1. The minimum absolute atomic E-state index is 0.204. The van der Waals surface area contributed by atoms with Crippen LogP contribution in [0.1, 0.15) is 24.4 Å². The number of rotatable bonds is 4. The minimum atomic E-state index is -0.204. The number of halogens is 1. The Morgan fingerprint density at radius 3 is 2.42 bits per heavy atom. The summed E-state index contributed by atoms with van der Waals surface area (Å²) in [5.41, 5.74) is 5.82. The molecule has 0 atom stereocenters. The molecule has 36 heavy (non-hydrogen) atoms. The lowest BCUT2D eigenvalue weighted by molar-refractivity contribution is 0.212. The smallest absolute Gasteiger partial charge is 0.160 e. The second-order valence-corrected chi connectivity index (χ2v) is 10.4. The maximum absolute atomic E-state index is 15.4. The number of aromatic amines is 1. The highest BCUT2D eigenvalue weighted by Gasteiger charge is 2.22. The van der Waals surface area contributed by atoms with E-state index >= 15 is 4.39 Å². The van der Waals surface area contributed by atoms with Gasteiger partial charge in [-0.3, -0.25) is 4.68 Å². The molecule has 2 aliphatic heterocycles. The van der Waals surface area contributed by atoms with Crippen molar-refractivity contribution in [3.05, 3.63) is 48.2 Å². The molecule has 5 heterocycles. The maximum atomic E-state index is 15.4. The molecule has 8 nitrogen and oxygen atoms in total. The molecule has 9 heteroatoms. The van der Waals surface area contributed by atoms with Gasteiger partial charge in [0.25, 0.3) is 0 Å². The van der Waals surface area contributed by atoms with Crippen LogP contribution in [-0.2, 0) is 0 Å². The Bertz CT molecular complexity index is 1350. The van der Waals surface area contributed by atoms with Crippen LogP contribution >= 0.6 is 0 Å². The van der Waals surface area contributed by atoms with Gasteiger partial charge in [0.2, 0.25) is 0 Å². The predicted octanol–water partition coefficient (Wildman–Crippen LogP) is 3.95.